The first-order valence-corrected chi connectivity index (χ1v) is 12.5. The van der Waals surface area contributed by atoms with E-state index in [1.807, 2.05) is 91.1 Å². The van der Waals surface area contributed by atoms with E-state index >= 15 is 0 Å². The predicted octanol–water partition coefficient (Wildman–Crippen LogP) is 4.24. The molecule has 0 aliphatic rings. The van der Waals surface area contributed by atoms with Crippen LogP contribution in [0.1, 0.15) is 10.4 Å². The van der Waals surface area contributed by atoms with Gasteiger partial charge in [-0.15, -0.1) is 21.5 Å². The molecule has 2 heterocycles. The molecule has 1 atom stereocenters. The molecule has 174 valence electrons. The van der Waals surface area contributed by atoms with Gasteiger partial charge in [-0.2, -0.15) is 0 Å². The second kappa shape index (κ2) is 11.0. The van der Waals surface area contributed by atoms with Crippen LogP contribution in [0.4, 0.5) is 10.8 Å². The highest BCUT2D eigenvalue weighted by Crippen LogP contribution is 2.28. The zero-order chi connectivity index (χ0) is 23.9. The van der Waals surface area contributed by atoms with Gasteiger partial charge in [-0.05, 0) is 41.3 Å². The minimum atomic E-state index is -0.735. The maximum Gasteiger partial charge on any atom is 0.249 e. The summed E-state index contributed by atoms with van der Waals surface area (Å²) in [4.78, 5) is 28.7. The normalized spacial score (nSPS) is 11.6. The van der Waals surface area contributed by atoms with Crippen LogP contribution in [0.25, 0.3) is 10.6 Å². The molecule has 0 spiro atoms. The van der Waals surface area contributed by atoms with Crippen molar-refractivity contribution in [2.45, 2.75) is 18.9 Å². The highest BCUT2D eigenvalue weighted by atomic mass is 32.1. The van der Waals surface area contributed by atoms with E-state index < -0.39 is 6.04 Å². The quantitative estimate of drug-likeness (QED) is 0.366. The number of carbonyl (C=O) groups is 2. The minimum Gasteiger partial charge on any atom is -0.378 e. The van der Waals surface area contributed by atoms with Gasteiger partial charge in [0.15, 0.2) is 0 Å². The van der Waals surface area contributed by atoms with Gasteiger partial charge in [-0.1, -0.05) is 47.7 Å². The van der Waals surface area contributed by atoms with Gasteiger partial charge in [-0.3, -0.25) is 14.9 Å². The highest BCUT2D eigenvalue weighted by molar-refractivity contribution is 7.18. The number of carbonyl (C=O) groups excluding carboxylic acids is 2. The van der Waals surface area contributed by atoms with Crippen LogP contribution in [0.2, 0.25) is 0 Å². The third-order valence-electron chi connectivity index (χ3n) is 5.14. The van der Waals surface area contributed by atoms with Crippen LogP contribution in [0.15, 0.2) is 72.1 Å². The summed E-state index contributed by atoms with van der Waals surface area (Å²) < 4.78 is 0. The molecular weight excluding hydrogens is 466 g/mol. The van der Waals surface area contributed by atoms with Crippen LogP contribution in [0, 0.1) is 0 Å². The van der Waals surface area contributed by atoms with Crippen molar-refractivity contribution in [2.75, 3.05) is 24.3 Å². The van der Waals surface area contributed by atoms with Gasteiger partial charge in [-0.25, -0.2) is 0 Å². The third-order valence-corrected chi connectivity index (χ3v) is 6.90. The summed E-state index contributed by atoms with van der Waals surface area (Å²) in [6.07, 6.45) is 0.614. The summed E-state index contributed by atoms with van der Waals surface area (Å²) >= 11 is 2.81. The van der Waals surface area contributed by atoms with Gasteiger partial charge in [0.05, 0.1) is 6.42 Å². The Morgan fingerprint density at radius 1 is 0.971 bits per heavy atom. The van der Waals surface area contributed by atoms with E-state index in [0.29, 0.717) is 16.6 Å². The fourth-order valence-corrected chi connectivity index (χ4v) is 4.82. The van der Waals surface area contributed by atoms with Gasteiger partial charge >= 0.3 is 0 Å². The van der Waals surface area contributed by atoms with Crippen molar-refractivity contribution >= 4 is 45.3 Å². The van der Waals surface area contributed by atoms with Crippen molar-refractivity contribution in [3.05, 3.63) is 82.6 Å². The molecule has 7 nitrogen and oxygen atoms in total. The average molecular weight is 492 g/mol. The zero-order valence-electron chi connectivity index (χ0n) is 18.9. The average Bonchev–Trinajstić information content (AvgIpc) is 3.51. The molecule has 0 saturated carbocycles. The van der Waals surface area contributed by atoms with Gasteiger partial charge in [0.25, 0.3) is 0 Å². The van der Waals surface area contributed by atoms with Crippen molar-refractivity contribution < 1.29 is 9.59 Å². The van der Waals surface area contributed by atoms with Gasteiger partial charge in [0.1, 0.15) is 11.0 Å². The fourth-order valence-electron chi connectivity index (χ4n) is 3.36. The second-order valence-corrected chi connectivity index (χ2v) is 9.92. The minimum absolute atomic E-state index is 0.197. The highest BCUT2D eigenvalue weighted by Gasteiger charge is 2.23. The lowest BCUT2D eigenvalue weighted by Gasteiger charge is -2.17. The van der Waals surface area contributed by atoms with E-state index in [1.54, 1.807) is 0 Å². The molecule has 34 heavy (non-hydrogen) atoms. The maximum atomic E-state index is 13.1. The number of aromatic nitrogens is 2. The first-order valence-electron chi connectivity index (χ1n) is 10.8. The molecule has 0 saturated heterocycles. The van der Waals surface area contributed by atoms with Gasteiger partial charge < -0.3 is 10.2 Å². The molecule has 2 aromatic carbocycles. The number of hydrogen-bond donors (Lipinski definition) is 2. The van der Waals surface area contributed by atoms with Gasteiger partial charge in [0.2, 0.25) is 16.9 Å². The Morgan fingerprint density at radius 2 is 1.74 bits per heavy atom. The van der Waals surface area contributed by atoms with Crippen molar-refractivity contribution in [1.29, 1.82) is 0 Å². The van der Waals surface area contributed by atoms with Gasteiger partial charge in [0, 0.05) is 36.6 Å². The number of benzene rings is 2. The summed E-state index contributed by atoms with van der Waals surface area (Å²) in [5, 5.41) is 17.1. The van der Waals surface area contributed by atoms with Crippen LogP contribution >= 0.6 is 22.7 Å². The summed E-state index contributed by atoms with van der Waals surface area (Å²) in [7, 11) is 3.97. The van der Waals surface area contributed by atoms with E-state index in [1.165, 1.54) is 22.7 Å². The van der Waals surface area contributed by atoms with E-state index in [-0.39, 0.29) is 18.2 Å². The first kappa shape index (κ1) is 23.6. The molecule has 1 unspecified atom stereocenters. The Hall–Kier alpha value is -3.56. The molecule has 2 N–H and O–H groups in total. The molecule has 0 aliphatic heterocycles. The first-order chi connectivity index (χ1) is 16.5. The molecule has 0 aliphatic carbocycles. The molecule has 2 amide bonds. The topological polar surface area (TPSA) is 87.2 Å². The Kier molecular flexibility index (Phi) is 7.66. The van der Waals surface area contributed by atoms with E-state index in [0.717, 1.165) is 21.7 Å². The van der Waals surface area contributed by atoms with E-state index in [9.17, 15) is 9.59 Å². The van der Waals surface area contributed by atoms with E-state index in [4.69, 9.17) is 0 Å². The molecule has 2 aromatic heterocycles. The zero-order valence-corrected chi connectivity index (χ0v) is 20.5. The molecule has 0 radical (unpaired) electrons. The van der Waals surface area contributed by atoms with Crippen LogP contribution in [0.5, 0.6) is 0 Å². The monoisotopic (exact) mass is 491 g/mol. The summed E-state index contributed by atoms with van der Waals surface area (Å²) in [6, 6.07) is 20.7. The lowest BCUT2D eigenvalue weighted by atomic mass is 10.1. The Balaban J connectivity index is 1.45. The van der Waals surface area contributed by atoms with Crippen molar-refractivity contribution in [1.82, 2.24) is 15.5 Å². The van der Waals surface area contributed by atoms with E-state index in [2.05, 4.69) is 20.8 Å². The van der Waals surface area contributed by atoms with Crippen molar-refractivity contribution in [2.24, 2.45) is 0 Å². The summed E-state index contributed by atoms with van der Waals surface area (Å²) in [5.74, 6) is -0.522. The molecular formula is C25H25N5O2S2. The number of nitrogens with one attached hydrogen (secondary N) is 2. The number of hydrogen-bond acceptors (Lipinski definition) is 7. The molecule has 9 heteroatoms. The number of amides is 2. The Bertz CT molecular complexity index is 1220. The molecule has 4 rings (SSSR count). The van der Waals surface area contributed by atoms with Crippen LogP contribution in [-0.2, 0) is 22.4 Å². The number of anilines is 2. The molecule has 0 fully saturated rings. The van der Waals surface area contributed by atoms with Crippen molar-refractivity contribution in [3.63, 3.8) is 0 Å². The summed E-state index contributed by atoms with van der Waals surface area (Å²) in [5.41, 5.74) is 2.97. The Morgan fingerprint density at radius 3 is 2.41 bits per heavy atom. The predicted molar refractivity (Wildman–Crippen MR) is 138 cm³/mol. The Labute approximate surface area is 206 Å². The standard InChI is InChI=1S/C25H25N5O2S2/c1-30(2)19-12-10-18(11-13-19)24-28-29-25(34-24)27-23(32)21(15-17-7-4-3-5-8-17)26-22(31)16-20-9-6-14-33-20/h3-14,21H,15-16H2,1-2H3,(H,26,31)(H,27,29,32). The smallest absolute Gasteiger partial charge is 0.249 e. The number of rotatable bonds is 9. The SMILES string of the molecule is CN(C)c1ccc(-c2nnc(NC(=O)C(Cc3ccccc3)NC(=O)Cc3cccs3)s2)cc1. The molecule has 0 bridgehead atoms. The number of nitrogens with zero attached hydrogens (tertiary/aromatic N) is 3. The third kappa shape index (κ3) is 6.27. The largest absolute Gasteiger partial charge is 0.378 e. The number of thiophene rings is 1. The molecule has 4 aromatic rings. The van der Waals surface area contributed by atoms with Crippen molar-refractivity contribution in [3.8, 4) is 10.6 Å². The van der Waals surface area contributed by atoms with Crippen LogP contribution in [0.3, 0.4) is 0 Å². The maximum absolute atomic E-state index is 13.1. The lowest BCUT2D eigenvalue weighted by Crippen LogP contribution is -2.45. The van der Waals surface area contributed by atoms with Crippen LogP contribution < -0.4 is 15.5 Å². The summed E-state index contributed by atoms with van der Waals surface area (Å²) in [6.45, 7) is 0. The van der Waals surface area contributed by atoms with Crippen LogP contribution in [-0.4, -0.2) is 42.1 Å². The lowest BCUT2D eigenvalue weighted by molar-refractivity contribution is -0.126. The second-order valence-electron chi connectivity index (χ2n) is 7.91. The fraction of sp³-hybridized carbons (Fsp3) is 0.200.